The summed E-state index contributed by atoms with van der Waals surface area (Å²) in [7, 11) is 0. The predicted molar refractivity (Wildman–Crippen MR) is 77.7 cm³/mol. The molecule has 0 saturated carbocycles. The van der Waals surface area contributed by atoms with Crippen molar-refractivity contribution in [2.45, 2.75) is 72.6 Å². The summed E-state index contributed by atoms with van der Waals surface area (Å²) in [5.41, 5.74) is 1.21. The van der Waals surface area contributed by atoms with Crippen LogP contribution >= 0.6 is 0 Å². The molecule has 0 fully saturated rings. The largest absolute Gasteiger partial charge is 0.481 e. The first-order chi connectivity index (χ1) is 8.41. The van der Waals surface area contributed by atoms with Crippen LogP contribution in [0.5, 0.6) is 0 Å². The van der Waals surface area contributed by atoms with E-state index in [2.05, 4.69) is 20.8 Å². The zero-order valence-electron chi connectivity index (χ0n) is 12.5. The van der Waals surface area contributed by atoms with Crippen LogP contribution in [0.25, 0.3) is 0 Å². The summed E-state index contributed by atoms with van der Waals surface area (Å²) in [5.74, 6) is 0.880. The van der Waals surface area contributed by atoms with Crippen molar-refractivity contribution in [3.8, 4) is 0 Å². The van der Waals surface area contributed by atoms with E-state index in [1.807, 2.05) is 13.0 Å². The van der Waals surface area contributed by atoms with Gasteiger partial charge in [0.25, 0.3) is 0 Å². The van der Waals surface area contributed by atoms with Crippen LogP contribution in [0.3, 0.4) is 0 Å². The first-order valence-electron chi connectivity index (χ1n) is 7.29. The molecule has 0 heterocycles. The van der Waals surface area contributed by atoms with E-state index in [4.69, 9.17) is 5.11 Å². The van der Waals surface area contributed by atoms with Gasteiger partial charge in [0.2, 0.25) is 0 Å². The SMILES string of the molecule is CC(=CCC(=O)O)CCCC(C)CCCC(C)C. The van der Waals surface area contributed by atoms with Gasteiger partial charge in [-0.05, 0) is 31.6 Å². The number of aliphatic carboxylic acids is 1. The highest BCUT2D eigenvalue weighted by Gasteiger charge is 2.03. The molecular formula is C16H30O2. The smallest absolute Gasteiger partial charge is 0.307 e. The van der Waals surface area contributed by atoms with Crippen molar-refractivity contribution < 1.29 is 9.90 Å². The van der Waals surface area contributed by atoms with Gasteiger partial charge < -0.3 is 5.11 Å². The molecule has 0 aromatic heterocycles. The molecule has 1 atom stereocenters. The Morgan fingerprint density at radius 3 is 2.28 bits per heavy atom. The lowest BCUT2D eigenvalue weighted by Gasteiger charge is -2.12. The lowest BCUT2D eigenvalue weighted by atomic mass is 9.94. The van der Waals surface area contributed by atoms with Gasteiger partial charge >= 0.3 is 5.97 Å². The Morgan fingerprint density at radius 1 is 1.11 bits per heavy atom. The molecule has 18 heavy (non-hydrogen) atoms. The second kappa shape index (κ2) is 10.2. The Hall–Kier alpha value is -0.790. The van der Waals surface area contributed by atoms with E-state index in [-0.39, 0.29) is 6.42 Å². The monoisotopic (exact) mass is 254 g/mol. The molecule has 0 aromatic rings. The fourth-order valence-electron chi connectivity index (χ4n) is 2.11. The van der Waals surface area contributed by atoms with Crippen molar-refractivity contribution in [2.75, 3.05) is 0 Å². The normalized spacial score (nSPS) is 13.9. The molecule has 0 aliphatic carbocycles. The summed E-state index contributed by atoms with van der Waals surface area (Å²) in [6, 6.07) is 0. The van der Waals surface area contributed by atoms with Gasteiger partial charge in [-0.25, -0.2) is 0 Å². The van der Waals surface area contributed by atoms with E-state index in [9.17, 15) is 4.79 Å². The number of carboxylic acids is 1. The molecule has 1 unspecified atom stereocenters. The maximum Gasteiger partial charge on any atom is 0.307 e. The standard InChI is InChI=1S/C16H30O2/c1-13(2)7-5-8-14(3)9-6-10-15(4)11-12-16(17)18/h11,13-14H,5-10,12H2,1-4H3,(H,17,18). The van der Waals surface area contributed by atoms with Crippen LogP contribution in [0, 0.1) is 11.8 Å². The summed E-state index contributed by atoms with van der Waals surface area (Å²) < 4.78 is 0. The Kier molecular flexibility index (Phi) is 9.72. The molecule has 0 aromatic carbocycles. The van der Waals surface area contributed by atoms with Crippen molar-refractivity contribution in [3.05, 3.63) is 11.6 Å². The average molecular weight is 254 g/mol. The number of hydrogen-bond acceptors (Lipinski definition) is 1. The molecule has 0 saturated heterocycles. The summed E-state index contributed by atoms with van der Waals surface area (Å²) in [5, 5.41) is 8.57. The maximum absolute atomic E-state index is 10.4. The van der Waals surface area contributed by atoms with E-state index in [0.29, 0.717) is 0 Å². The third-order valence-corrected chi connectivity index (χ3v) is 3.37. The highest BCUT2D eigenvalue weighted by atomic mass is 16.4. The van der Waals surface area contributed by atoms with Gasteiger partial charge in [0.1, 0.15) is 0 Å². The first-order valence-corrected chi connectivity index (χ1v) is 7.29. The zero-order valence-corrected chi connectivity index (χ0v) is 12.5. The minimum Gasteiger partial charge on any atom is -0.481 e. The molecule has 2 nitrogen and oxygen atoms in total. The van der Waals surface area contributed by atoms with E-state index < -0.39 is 5.97 Å². The van der Waals surface area contributed by atoms with E-state index >= 15 is 0 Å². The summed E-state index contributed by atoms with van der Waals surface area (Å²) in [6.45, 7) is 8.92. The van der Waals surface area contributed by atoms with Crippen molar-refractivity contribution >= 4 is 5.97 Å². The van der Waals surface area contributed by atoms with Crippen molar-refractivity contribution in [1.82, 2.24) is 0 Å². The molecular weight excluding hydrogens is 224 g/mol. The number of allylic oxidation sites excluding steroid dienone is 1. The predicted octanol–water partition coefficient (Wildman–Crippen LogP) is 5.04. The molecule has 106 valence electrons. The van der Waals surface area contributed by atoms with Crippen LogP contribution in [-0.4, -0.2) is 11.1 Å². The summed E-state index contributed by atoms with van der Waals surface area (Å²) >= 11 is 0. The second-order valence-corrected chi connectivity index (χ2v) is 5.97. The summed E-state index contributed by atoms with van der Waals surface area (Å²) in [6.07, 6.45) is 9.50. The zero-order chi connectivity index (χ0) is 14.0. The van der Waals surface area contributed by atoms with Gasteiger partial charge in [0.15, 0.2) is 0 Å². The lowest BCUT2D eigenvalue weighted by molar-refractivity contribution is -0.136. The molecule has 0 spiro atoms. The fourth-order valence-corrected chi connectivity index (χ4v) is 2.11. The molecule has 0 aliphatic rings. The van der Waals surface area contributed by atoms with Crippen LogP contribution in [-0.2, 0) is 4.79 Å². The van der Waals surface area contributed by atoms with E-state index in [1.165, 1.54) is 37.7 Å². The minimum atomic E-state index is -0.739. The molecule has 0 rings (SSSR count). The van der Waals surface area contributed by atoms with Gasteiger partial charge in [-0.1, -0.05) is 58.1 Å². The minimum absolute atomic E-state index is 0.162. The number of carbonyl (C=O) groups is 1. The molecule has 2 heteroatoms. The Bertz CT molecular complexity index is 254. The number of rotatable bonds is 10. The Morgan fingerprint density at radius 2 is 1.72 bits per heavy atom. The maximum atomic E-state index is 10.4. The third kappa shape index (κ3) is 11.7. The topological polar surface area (TPSA) is 37.3 Å². The van der Waals surface area contributed by atoms with Crippen LogP contribution in [0.15, 0.2) is 11.6 Å². The van der Waals surface area contributed by atoms with Crippen LogP contribution < -0.4 is 0 Å². The van der Waals surface area contributed by atoms with E-state index in [0.717, 1.165) is 18.3 Å². The molecule has 0 bridgehead atoms. The second-order valence-electron chi connectivity index (χ2n) is 5.97. The molecule has 0 aliphatic heterocycles. The average Bonchev–Trinajstić information content (AvgIpc) is 2.25. The molecule has 1 N–H and O–H groups in total. The van der Waals surface area contributed by atoms with Crippen molar-refractivity contribution in [3.63, 3.8) is 0 Å². The van der Waals surface area contributed by atoms with Gasteiger partial charge in [-0.3, -0.25) is 4.79 Å². The van der Waals surface area contributed by atoms with Crippen LogP contribution in [0.1, 0.15) is 72.6 Å². The fraction of sp³-hybridized carbons (Fsp3) is 0.812. The Balaban J connectivity index is 3.58. The Labute approximate surface area is 112 Å². The van der Waals surface area contributed by atoms with E-state index in [1.54, 1.807) is 0 Å². The van der Waals surface area contributed by atoms with Gasteiger partial charge in [-0.15, -0.1) is 0 Å². The summed E-state index contributed by atoms with van der Waals surface area (Å²) in [4.78, 5) is 10.4. The molecule has 0 radical (unpaired) electrons. The van der Waals surface area contributed by atoms with Gasteiger partial charge in [-0.2, -0.15) is 0 Å². The van der Waals surface area contributed by atoms with Crippen LogP contribution in [0.4, 0.5) is 0 Å². The van der Waals surface area contributed by atoms with Gasteiger partial charge in [0.05, 0.1) is 6.42 Å². The van der Waals surface area contributed by atoms with Crippen molar-refractivity contribution in [1.29, 1.82) is 0 Å². The molecule has 0 amide bonds. The quantitative estimate of drug-likeness (QED) is 0.554. The van der Waals surface area contributed by atoms with Gasteiger partial charge in [0, 0.05) is 0 Å². The number of carboxylic acid groups (broad SMARTS) is 1. The lowest BCUT2D eigenvalue weighted by Crippen LogP contribution is -1.97. The number of hydrogen-bond donors (Lipinski definition) is 1. The van der Waals surface area contributed by atoms with Crippen molar-refractivity contribution in [2.24, 2.45) is 11.8 Å². The highest BCUT2D eigenvalue weighted by molar-refractivity contribution is 5.68. The van der Waals surface area contributed by atoms with Crippen LogP contribution in [0.2, 0.25) is 0 Å². The highest BCUT2D eigenvalue weighted by Crippen LogP contribution is 2.19. The first kappa shape index (κ1) is 17.2. The third-order valence-electron chi connectivity index (χ3n) is 3.37.